The molecule has 0 spiro atoms. The number of aryl methyl sites for hydroxylation is 2. The van der Waals surface area contributed by atoms with Gasteiger partial charge in [-0.2, -0.15) is 0 Å². The normalized spacial score (nSPS) is 17.6. The van der Waals surface area contributed by atoms with E-state index in [9.17, 15) is 4.79 Å². The van der Waals surface area contributed by atoms with Crippen molar-refractivity contribution in [3.05, 3.63) is 52.2 Å². The van der Waals surface area contributed by atoms with Crippen LogP contribution in [0.2, 0.25) is 0 Å². The summed E-state index contributed by atoms with van der Waals surface area (Å²) in [5, 5.41) is 8.65. The number of nitrogens with one attached hydrogen (secondary N) is 3. The number of hydrogen-bond acceptors (Lipinski definition) is 7. The predicted octanol–water partition coefficient (Wildman–Crippen LogP) is 5.67. The number of aromatic nitrogens is 3. The van der Waals surface area contributed by atoms with Gasteiger partial charge in [-0.05, 0) is 58.7 Å². The van der Waals surface area contributed by atoms with Crippen molar-refractivity contribution in [2.24, 2.45) is 4.99 Å². The lowest BCUT2D eigenvalue weighted by atomic mass is 9.94. The molecule has 2 aliphatic heterocycles. The highest BCUT2D eigenvalue weighted by Crippen LogP contribution is 2.42. The summed E-state index contributed by atoms with van der Waals surface area (Å²) in [4.78, 5) is 30.3. The standard InChI is InChI=1S/C32H41N7O3/c1-16(2)29-23(14-25(35-29)32(40)39-11-9-38(10-12-39)17(3)4)30-28-21-15-26(41-8)22(27-18(5)37-42-19(27)6)13-24(21)36-31(28)34-20(7)33-30/h13-17,20,34-36H,9-12H2,1-8H3. The van der Waals surface area contributed by atoms with E-state index in [0.29, 0.717) is 11.7 Å². The molecule has 5 heterocycles. The summed E-state index contributed by atoms with van der Waals surface area (Å²) in [7, 11) is 1.68. The third kappa shape index (κ3) is 4.67. The van der Waals surface area contributed by atoms with Gasteiger partial charge in [-0.25, -0.2) is 0 Å². The summed E-state index contributed by atoms with van der Waals surface area (Å²) in [6, 6.07) is 6.63. The van der Waals surface area contributed by atoms with Crippen molar-refractivity contribution in [2.45, 2.75) is 66.6 Å². The molecular formula is C32H41N7O3. The van der Waals surface area contributed by atoms with Crippen LogP contribution in [0.25, 0.3) is 22.0 Å². The Hall–Kier alpha value is -4.05. The Morgan fingerprint density at radius 3 is 2.38 bits per heavy atom. The Balaban J connectivity index is 1.44. The summed E-state index contributed by atoms with van der Waals surface area (Å²) < 4.78 is 11.4. The monoisotopic (exact) mass is 571 g/mol. The molecule has 0 bridgehead atoms. The lowest BCUT2D eigenvalue weighted by Crippen LogP contribution is -2.50. The second-order valence-corrected chi connectivity index (χ2v) is 12.1. The number of hydrogen-bond donors (Lipinski definition) is 3. The topological polar surface area (TPSA) is 115 Å². The molecule has 1 amide bonds. The Labute approximate surface area is 246 Å². The van der Waals surface area contributed by atoms with Crippen molar-refractivity contribution < 1.29 is 14.1 Å². The van der Waals surface area contributed by atoms with Gasteiger partial charge in [-0.1, -0.05) is 19.0 Å². The molecular weight excluding hydrogens is 530 g/mol. The van der Waals surface area contributed by atoms with Crippen LogP contribution in [0.5, 0.6) is 5.75 Å². The van der Waals surface area contributed by atoms with E-state index in [2.05, 4.69) is 65.2 Å². The van der Waals surface area contributed by atoms with Crippen molar-refractivity contribution >= 4 is 28.3 Å². The first-order valence-electron chi connectivity index (χ1n) is 14.9. The first-order chi connectivity index (χ1) is 20.1. The summed E-state index contributed by atoms with van der Waals surface area (Å²) in [5.41, 5.74) is 8.02. The quantitative estimate of drug-likeness (QED) is 0.275. The maximum Gasteiger partial charge on any atom is 0.270 e. The number of carbonyl (C=O) groups is 1. The minimum Gasteiger partial charge on any atom is -0.496 e. The Bertz CT molecular complexity index is 1660. The Kier molecular flexibility index (Phi) is 7.12. The zero-order chi connectivity index (χ0) is 29.9. The van der Waals surface area contributed by atoms with Gasteiger partial charge < -0.3 is 29.4 Å². The first kappa shape index (κ1) is 28.1. The number of rotatable bonds is 6. The van der Waals surface area contributed by atoms with Crippen LogP contribution in [0.1, 0.15) is 79.3 Å². The number of benzene rings is 1. The second-order valence-electron chi connectivity index (χ2n) is 12.1. The van der Waals surface area contributed by atoms with Gasteiger partial charge in [0, 0.05) is 59.9 Å². The fourth-order valence-electron chi connectivity index (χ4n) is 6.36. The van der Waals surface area contributed by atoms with E-state index in [0.717, 1.165) is 93.8 Å². The zero-order valence-electron chi connectivity index (χ0n) is 25.8. The fraction of sp³-hybridized carbons (Fsp3) is 0.469. The number of anilines is 1. The molecule has 1 unspecified atom stereocenters. The SMILES string of the molecule is COc1cc2c3c([nH]c2cc1-c1c(C)noc1C)NC(C)N=C3c1cc(C(=O)N2CCN(C(C)C)CC2)[nH]c1C(C)C. The Morgan fingerprint density at radius 1 is 1.02 bits per heavy atom. The number of aromatic amines is 2. The molecule has 0 saturated carbocycles. The van der Waals surface area contributed by atoms with Gasteiger partial charge in [-0.15, -0.1) is 0 Å². The van der Waals surface area contributed by atoms with Crippen molar-refractivity contribution in [1.82, 2.24) is 24.9 Å². The van der Waals surface area contributed by atoms with Gasteiger partial charge in [-0.3, -0.25) is 14.7 Å². The third-order valence-electron chi connectivity index (χ3n) is 8.58. The minimum absolute atomic E-state index is 0.0408. The molecule has 1 fully saturated rings. The molecule has 10 nitrogen and oxygen atoms in total. The van der Waals surface area contributed by atoms with Crippen LogP contribution in [0.4, 0.5) is 5.82 Å². The van der Waals surface area contributed by atoms with Crippen LogP contribution in [0.3, 0.4) is 0 Å². The minimum atomic E-state index is -0.150. The number of piperazine rings is 1. The molecule has 222 valence electrons. The van der Waals surface area contributed by atoms with Crippen molar-refractivity contribution in [1.29, 1.82) is 0 Å². The molecule has 1 aromatic carbocycles. The molecule has 6 rings (SSSR count). The van der Waals surface area contributed by atoms with E-state index in [1.165, 1.54) is 0 Å². The number of aliphatic imine (C=N–C) groups is 1. The maximum atomic E-state index is 13.7. The predicted molar refractivity (Wildman–Crippen MR) is 166 cm³/mol. The number of fused-ring (bicyclic) bond motifs is 3. The number of methoxy groups -OCH3 is 1. The van der Waals surface area contributed by atoms with E-state index in [1.54, 1.807) is 7.11 Å². The molecule has 4 aromatic rings. The van der Waals surface area contributed by atoms with Crippen molar-refractivity contribution in [2.75, 3.05) is 38.6 Å². The van der Waals surface area contributed by atoms with E-state index in [-0.39, 0.29) is 18.0 Å². The van der Waals surface area contributed by atoms with Crippen LogP contribution in [0, 0.1) is 13.8 Å². The lowest BCUT2D eigenvalue weighted by Gasteiger charge is -2.36. The number of nitrogens with zero attached hydrogens (tertiary/aromatic N) is 4. The molecule has 2 aliphatic rings. The number of H-pyrrole nitrogens is 2. The van der Waals surface area contributed by atoms with Crippen LogP contribution in [0.15, 0.2) is 27.7 Å². The van der Waals surface area contributed by atoms with Gasteiger partial charge in [0.15, 0.2) is 0 Å². The van der Waals surface area contributed by atoms with E-state index in [1.807, 2.05) is 31.7 Å². The van der Waals surface area contributed by atoms with Crippen LogP contribution >= 0.6 is 0 Å². The Morgan fingerprint density at radius 2 is 1.76 bits per heavy atom. The molecule has 0 aliphatic carbocycles. The molecule has 3 aromatic heterocycles. The van der Waals surface area contributed by atoms with Gasteiger partial charge in [0.05, 0.1) is 29.6 Å². The van der Waals surface area contributed by atoms with Crippen LogP contribution < -0.4 is 10.1 Å². The average molecular weight is 572 g/mol. The zero-order valence-corrected chi connectivity index (χ0v) is 25.8. The van der Waals surface area contributed by atoms with Gasteiger partial charge >= 0.3 is 0 Å². The fourth-order valence-corrected chi connectivity index (χ4v) is 6.36. The molecule has 0 radical (unpaired) electrons. The van der Waals surface area contributed by atoms with Gasteiger partial charge in [0.25, 0.3) is 5.91 Å². The summed E-state index contributed by atoms with van der Waals surface area (Å²) in [6.45, 7) is 17.8. The van der Waals surface area contributed by atoms with Gasteiger partial charge in [0.2, 0.25) is 0 Å². The second kappa shape index (κ2) is 10.7. The summed E-state index contributed by atoms with van der Waals surface area (Å²) in [5.74, 6) is 2.58. The molecule has 1 saturated heterocycles. The smallest absolute Gasteiger partial charge is 0.270 e. The maximum absolute atomic E-state index is 13.7. The molecule has 1 atom stereocenters. The highest BCUT2D eigenvalue weighted by Gasteiger charge is 2.31. The number of carbonyl (C=O) groups excluding carboxylic acids is 1. The summed E-state index contributed by atoms with van der Waals surface area (Å²) in [6.07, 6.45) is -0.150. The molecule has 3 N–H and O–H groups in total. The van der Waals surface area contributed by atoms with E-state index in [4.69, 9.17) is 14.3 Å². The highest BCUT2D eigenvalue weighted by atomic mass is 16.5. The molecule has 42 heavy (non-hydrogen) atoms. The van der Waals surface area contributed by atoms with Crippen LogP contribution in [-0.2, 0) is 0 Å². The lowest BCUT2D eigenvalue weighted by molar-refractivity contribution is 0.0590. The number of ether oxygens (including phenoxy) is 1. The van der Waals surface area contributed by atoms with Crippen molar-refractivity contribution in [3.63, 3.8) is 0 Å². The first-order valence-corrected chi connectivity index (χ1v) is 14.9. The van der Waals surface area contributed by atoms with E-state index < -0.39 is 0 Å². The largest absolute Gasteiger partial charge is 0.496 e. The van der Waals surface area contributed by atoms with Crippen LogP contribution in [-0.4, -0.2) is 82.0 Å². The number of amides is 1. The molecule has 10 heteroatoms. The highest BCUT2D eigenvalue weighted by molar-refractivity contribution is 6.25. The third-order valence-corrected chi connectivity index (χ3v) is 8.58. The van der Waals surface area contributed by atoms with Crippen molar-refractivity contribution in [3.8, 4) is 16.9 Å². The van der Waals surface area contributed by atoms with E-state index >= 15 is 0 Å². The van der Waals surface area contributed by atoms with Gasteiger partial charge in [0.1, 0.15) is 29.2 Å². The summed E-state index contributed by atoms with van der Waals surface area (Å²) >= 11 is 0. The average Bonchev–Trinajstić information content (AvgIpc) is 3.66.